The molecule has 19 N–H and O–H groups in total. The molecule has 12 aromatic heterocycles. The summed E-state index contributed by atoms with van der Waals surface area (Å²) in [6, 6.07) is 0. The highest BCUT2D eigenvalue weighted by molar-refractivity contribution is 8.47. The van der Waals surface area contributed by atoms with Crippen LogP contribution in [0.25, 0.3) is 67.0 Å². The summed E-state index contributed by atoms with van der Waals surface area (Å²) >= 11 is 24.8. The summed E-state index contributed by atoms with van der Waals surface area (Å²) in [5.74, 6) is -0.769. The number of halogens is 4. The van der Waals surface area contributed by atoms with Gasteiger partial charge in [-0.05, 0) is 47.2 Å². The minimum absolute atomic E-state index is 0.00423. The first-order valence-corrected chi connectivity index (χ1v) is 53.1. The van der Waals surface area contributed by atoms with Crippen LogP contribution in [0.2, 0.25) is 0 Å². The van der Waals surface area contributed by atoms with Gasteiger partial charge in [-0.1, -0.05) is 0 Å². The molecule has 59 nitrogen and oxygen atoms in total. The summed E-state index contributed by atoms with van der Waals surface area (Å²) in [7, 11) is -9.15. The summed E-state index contributed by atoms with van der Waals surface area (Å²) in [6.07, 6.45) is -25.2. The molecule has 29 atom stereocenters. The Morgan fingerprint density at radius 1 is 0.388 bits per heavy atom. The first-order valence-electron chi connectivity index (χ1n) is 38.5. The maximum absolute atomic E-state index is 16.0. The Morgan fingerprint density at radius 3 is 1.14 bits per heavy atom. The van der Waals surface area contributed by atoms with Crippen LogP contribution in [0.5, 0.6) is 0 Å². The number of aromatic amines is 6. The van der Waals surface area contributed by atoms with Crippen LogP contribution in [0.15, 0.2) is 85.7 Å². The maximum Gasteiger partial charge on any atom is 0.475 e. The monoisotopic (exact) mass is 2100 g/mol. The topological polar surface area (TPSA) is 784 Å². The van der Waals surface area contributed by atoms with Crippen LogP contribution in [0.3, 0.4) is 0 Å². The van der Waals surface area contributed by atoms with Crippen molar-refractivity contribution in [3.63, 3.8) is 0 Å². The Morgan fingerprint density at radius 2 is 0.709 bits per heavy atom. The van der Waals surface area contributed by atoms with Gasteiger partial charge in [-0.15, -0.1) is 0 Å². The fourth-order valence-corrected chi connectivity index (χ4v) is 23.9. The van der Waals surface area contributed by atoms with E-state index in [4.69, 9.17) is 147 Å². The number of H-pyrrole nitrogens is 6. The molecule has 0 spiro atoms. The number of nitrogens with zero attached hydrogens (tertiary/aromatic N) is 18. The lowest BCUT2D eigenvalue weighted by atomic mass is 10.1. The number of hydrogen-bond donors (Lipinski definition) is 17. The maximum atomic E-state index is 16.0. The van der Waals surface area contributed by atoms with Gasteiger partial charge in [0.15, 0.2) is 123 Å². The first kappa shape index (κ1) is 94.8. The van der Waals surface area contributed by atoms with E-state index < -0.39 is 256 Å². The molecule has 0 amide bonds. The Balaban J connectivity index is 0.000000129. The molecule has 0 saturated carbocycles. The number of aromatic nitrogens is 24. The van der Waals surface area contributed by atoms with Crippen molar-refractivity contribution < 1.29 is 139 Å². The largest absolute Gasteiger partial charge is 0.475 e. The molecule has 720 valence electrons. The Hall–Kier alpha value is -8.17. The molecule has 21 rings (SSSR count). The van der Waals surface area contributed by atoms with Gasteiger partial charge < -0.3 is 108 Å². The van der Waals surface area contributed by atoms with Crippen LogP contribution in [0, 0.1) is 0 Å². The molecule has 6 bridgehead atoms. The molecule has 9 aliphatic rings. The SMILES string of the molecule is Nc1nc2c(ncn2[C@@H]2O[C@@H]3COP(O)(=S)O[C@H]4[C@@H](F)[C@H](n5cnc6c(=O)[nH]cnc65)O[C@@H]4COP(O)(=S)O[C@@H]2[C@@H]3O)c(=O)[nH]1.Nc1nc2c(ncn2[C@@H]2O[C@@H]3COP(O)(=S)O[C@H]4[C@H](F)[C@H](n5cnc6c(=O)[nH]cnc65)O[C@@H]4COP(=O)(O)O[C@@H]2[C@@H]3F)c(=O)[nH]1.Nc1nc2c(ncn2[C@@H]2O[C@@H]3CO[P+](O)(S)O[C@H]4C[C@H](n5cnc6c(=O)[nH]cnc65)O[C@@H]4COP(O)(=S)O[C@@H]2[C@@H]3F)c(=O)[nH]1. The average molecular weight is 2100 g/mol. The molecule has 6 unspecified atom stereocenters. The number of fused-ring (bicyclic) bond motifs is 15. The van der Waals surface area contributed by atoms with Crippen molar-refractivity contribution in [2.45, 2.75) is 148 Å². The van der Waals surface area contributed by atoms with Crippen LogP contribution >= 0.6 is 54.1 Å². The van der Waals surface area contributed by atoms with Crippen molar-refractivity contribution in [3.05, 3.63) is 119 Å². The third-order valence-electron chi connectivity index (χ3n) is 21.6. The third kappa shape index (κ3) is 18.5. The molecule has 0 aromatic carbocycles. The highest BCUT2D eigenvalue weighted by atomic mass is 32.7. The fourth-order valence-electron chi connectivity index (χ4n) is 15.7. The molecule has 9 saturated heterocycles. The predicted molar refractivity (Wildman–Crippen MR) is 455 cm³/mol. The lowest BCUT2D eigenvalue weighted by molar-refractivity contribution is -0.0642. The second kappa shape index (κ2) is 36.2. The standard InChI is InChI=1S/C20H21F2N9O11P2S.C20H22FN9O11P2S2.C20H22FN9O10P2S2/c21-8-6-1-38-44(36,45)42-12-7(40-18(9(12)22)30-4-26-10-14(30)24-3-25-16(10)32)2-37-43(34,35)41-13(8)19(39-6)31-5-27-11-15(31)28-20(23)29-17(11)33;21-8-12-7(39-18(8)29-4-25-9-14(29)23-3-24-16(9)32)2-37-43(35,45)41-13-11(31)6(1-36-42(34,44)40-12)38-19(13)30-5-26-10-15(30)27-20(22)28-17(10)33;21-11-9-3-36-41(33,43)39-7-1-10(29-5-25-12-15(29)23-4-24-17(12)31)37-8(7)2-35-42(34,44)40-14(11)19(38-9)30-6-26-13-16(30)27-20(22)28-18(13)32/h3-9,12-13,18-19H,1-2H2,(H,34,35)(H,36,45)(H,24,25,32)(H3,23,28,29,33);3-8,11-13,18-19,31H,1-2H2,(H,34,44)(H,35,45)(H,23,24,32)(H3,22,27,28,33);4-11,14,19,33,43H,1-3H2,(H4-,22,23,24,27,28,31,32,34,44)/p+1/t6-,7-,8-,9+,12-,13-,18-,19-,44?;6-,7-,8-,11-,12-,13-,18-,19-,42?,43?;7-,8+,9+,10+,11+,14+,19+,41?,42?/m110/s1. The molecular formula is C60H66F4N27O32P6S5+. The second-order valence-corrected chi connectivity index (χ2v) is 45.6. The zero-order chi connectivity index (χ0) is 94.6. The number of nitrogens with one attached hydrogen (secondary N) is 6. The van der Waals surface area contributed by atoms with E-state index in [0.717, 1.165) is 45.3 Å². The minimum atomic E-state index is -5.20. The summed E-state index contributed by atoms with van der Waals surface area (Å²) in [5, 5.41) is 11.1. The Kier molecular flexibility index (Phi) is 25.6. The van der Waals surface area contributed by atoms with E-state index in [9.17, 15) is 67.8 Å². The number of phosphoric ester groups is 1. The number of rotatable bonds is 6. The summed E-state index contributed by atoms with van der Waals surface area (Å²) in [6.45, 7) is -21.1. The van der Waals surface area contributed by atoms with Gasteiger partial charge in [-0.2, -0.15) is 28.9 Å². The van der Waals surface area contributed by atoms with E-state index in [-0.39, 0.29) is 91.2 Å². The number of aliphatic hydroxyl groups excluding tert-OH is 1. The quantitative estimate of drug-likeness (QED) is 0.0487. The lowest BCUT2D eigenvalue weighted by Crippen LogP contribution is -2.35. The third-order valence-corrected chi connectivity index (χ3v) is 30.5. The van der Waals surface area contributed by atoms with Gasteiger partial charge in [-0.25, -0.2) is 67.0 Å². The molecule has 12 aromatic rings. The number of anilines is 3. The van der Waals surface area contributed by atoms with Crippen LogP contribution in [-0.4, -0.2) is 295 Å². The molecule has 9 fully saturated rings. The molecule has 134 heavy (non-hydrogen) atoms. The van der Waals surface area contributed by atoms with Crippen LogP contribution in [0.1, 0.15) is 43.8 Å². The van der Waals surface area contributed by atoms with Gasteiger partial charge in [0.1, 0.15) is 92.2 Å². The van der Waals surface area contributed by atoms with Crippen molar-refractivity contribution in [2.24, 2.45) is 0 Å². The van der Waals surface area contributed by atoms with Crippen molar-refractivity contribution in [3.8, 4) is 0 Å². The van der Waals surface area contributed by atoms with E-state index in [0.29, 0.717) is 0 Å². The zero-order valence-corrected chi connectivity index (χ0v) is 75.8. The van der Waals surface area contributed by atoms with E-state index in [1.165, 1.54) is 39.0 Å². The summed E-state index contributed by atoms with van der Waals surface area (Å²) in [4.78, 5) is 201. The number of thiol groups is 1. The predicted octanol–water partition coefficient (Wildman–Crippen LogP) is -1.99. The van der Waals surface area contributed by atoms with Gasteiger partial charge in [0.2, 0.25) is 17.8 Å². The second-order valence-electron chi connectivity index (χ2n) is 30.1. The minimum Gasteiger partial charge on any atom is -0.387 e. The number of nitrogens with two attached hydrogens (primary N) is 3. The normalized spacial score (nSPS) is 37.3. The number of imidazole rings is 6. The van der Waals surface area contributed by atoms with Crippen LogP contribution in [-0.2, 0) is 134 Å². The van der Waals surface area contributed by atoms with E-state index >= 15 is 17.6 Å². The van der Waals surface area contributed by atoms with Gasteiger partial charge in [0.05, 0.1) is 102 Å². The summed E-state index contributed by atoms with van der Waals surface area (Å²) < 4.78 is 185. The highest BCUT2D eigenvalue weighted by Crippen LogP contribution is 2.65. The number of phosphoric acid groups is 1. The number of alkyl halides is 4. The number of nitrogen functional groups attached to an aromatic ring is 3. The number of aliphatic hydroxyl groups is 1. The van der Waals surface area contributed by atoms with Gasteiger partial charge in [0.25, 0.3) is 33.4 Å². The van der Waals surface area contributed by atoms with E-state index in [2.05, 4.69) is 102 Å². The van der Waals surface area contributed by atoms with Crippen molar-refractivity contribution in [2.75, 3.05) is 56.8 Å². The molecule has 0 aliphatic carbocycles. The van der Waals surface area contributed by atoms with Gasteiger partial charge in [-0.3, -0.25) is 98.3 Å². The average Bonchev–Trinajstić information content (AvgIpc) is 1.61. The molecule has 74 heteroatoms. The lowest BCUT2D eigenvalue weighted by Gasteiger charge is -2.27. The van der Waals surface area contributed by atoms with Crippen molar-refractivity contribution >= 4 is 186 Å². The number of ether oxygens (including phenoxy) is 6. The Bertz CT molecular complexity index is 6970. The van der Waals surface area contributed by atoms with Gasteiger partial charge >= 0.3 is 41.8 Å². The fraction of sp³-hybridized carbons (Fsp3) is 0.500. The first-order chi connectivity index (χ1) is 63.5. The molecular weight excluding hydrogens is 2030 g/mol. The van der Waals surface area contributed by atoms with Crippen LogP contribution in [0.4, 0.5) is 35.4 Å². The van der Waals surface area contributed by atoms with Crippen molar-refractivity contribution in [1.82, 2.24) is 117 Å². The molecule has 9 aliphatic heterocycles. The van der Waals surface area contributed by atoms with E-state index in [1.807, 2.05) is 0 Å². The number of hydrogen-bond acceptors (Lipinski definition) is 47. The highest BCUT2D eigenvalue weighted by Gasteiger charge is 2.59. The van der Waals surface area contributed by atoms with Crippen LogP contribution < -0.4 is 50.6 Å². The van der Waals surface area contributed by atoms with E-state index in [1.54, 1.807) is 0 Å². The summed E-state index contributed by atoms with van der Waals surface area (Å²) in [5.41, 5.74) is 12.7. The smallest absolute Gasteiger partial charge is 0.387 e. The van der Waals surface area contributed by atoms with Gasteiger partial charge in [0, 0.05) is 6.42 Å². The Labute approximate surface area is 762 Å². The molecule has 0 radical (unpaired) electrons. The van der Waals surface area contributed by atoms with Crippen molar-refractivity contribution in [1.29, 1.82) is 0 Å². The molecule has 21 heterocycles. The zero-order valence-electron chi connectivity index (χ0n) is 66.3.